The molecule has 33 heavy (non-hydrogen) atoms. The largest absolute Gasteiger partial charge is 0.366 e. The van der Waals surface area contributed by atoms with Gasteiger partial charge in [-0.25, -0.2) is 4.98 Å². The van der Waals surface area contributed by atoms with E-state index < -0.39 is 5.56 Å². The molecule has 1 N–H and O–H groups in total. The summed E-state index contributed by atoms with van der Waals surface area (Å²) in [6, 6.07) is 12.1. The second-order valence-electron chi connectivity index (χ2n) is 7.80. The Bertz CT molecular complexity index is 1290. The van der Waals surface area contributed by atoms with Crippen LogP contribution in [0.4, 0.5) is 5.69 Å². The lowest BCUT2D eigenvalue weighted by Crippen LogP contribution is -2.41. The van der Waals surface area contributed by atoms with Crippen LogP contribution in [0, 0.1) is 22.7 Å². The van der Waals surface area contributed by atoms with Gasteiger partial charge in [0.1, 0.15) is 28.3 Å². The van der Waals surface area contributed by atoms with Gasteiger partial charge in [-0.3, -0.25) is 4.79 Å². The molecule has 3 heterocycles. The van der Waals surface area contributed by atoms with Gasteiger partial charge in [0.05, 0.1) is 16.4 Å². The van der Waals surface area contributed by atoms with Crippen molar-refractivity contribution in [2.45, 2.75) is 49.4 Å². The van der Waals surface area contributed by atoms with Crippen molar-refractivity contribution in [1.82, 2.24) is 9.97 Å². The quantitative estimate of drug-likeness (QED) is 0.424. The van der Waals surface area contributed by atoms with Crippen molar-refractivity contribution in [3.8, 4) is 22.7 Å². The van der Waals surface area contributed by atoms with Crippen LogP contribution in [0.2, 0.25) is 5.02 Å². The van der Waals surface area contributed by atoms with Crippen molar-refractivity contribution in [2.75, 3.05) is 11.4 Å². The van der Waals surface area contributed by atoms with Crippen LogP contribution in [-0.2, 0) is 5.75 Å². The van der Waals surface area contributed by atoms with Gasteiger partial charge in [0.15, 0.2) is 0 Å². The van der Waals surface area contributed by atoms with E-state index in [1.165, 1.54) is 23.1 Å². The molecule has 1 aliphatic rings. The lowest BCUT2D eigenvalue weighted by atomic mass is 9.97. The van der Waals surface area contributed by atoms with E-state index in [4.69, 9.17) is 16.6 Å². The smallest absolute Gasteiger partial charge is 0.268 e. The number of nitrogens with one attached hydrogen (secondary N) is 1. The number of benzene rings is 1. The third kappa shape index (κ3) is 4.94. The average molecular weight is 496 g/mol. The van der Waals surface area contributed by atoms with E-state index in [2.05, 4.69) is 22.9 Å². The van der Waals surface area contributed by atoms with Gasteiger partial charge in [-0.15, -0.1) is 23.1 Å². The number of nitrogens with zero attached hydrogens (tertiary/aromatic N) is 4. The molecule has 1 unspecified atom stereocenters. The molecule has 3 aromatic rings. The molecule has 1 fully saturated rings. The summed E-state index contributed by atoms with van der Waals surface area (Å²) in [6.45, 7) is 2.84. The Labute approximate surface area is 205 Å². The Hall–Kier alpha value is -2.78. The molecule has 1 saturated heterocycles. The summed E-state index contributed by atoms with van der Waals surface area (Å²) < 4.78 is 0. The third-order valence-electron chi connectivity index (χ3n) is 5.77. The highest BCUT2D eigenvalue weighted by Gasteiger charge is 2.29. The molecular formula is C24H22ClN5OS2. The van der Waals surface area contributed by atoms with E-state index in [-0.39, 0.29) is 11.6 Å². The molecule has 1 atom stereocenters. The summed E-state index contributed by atoms with van der Waals surface area (Å²) in [4.78, 5) is 22.3. The molecule has 0 saturated carbocycles. The Morgan fingerprint density at radius 2 is 2.00 bits per heavy atom. The second kappa shape index (κ2) is 10.4. The molecule has 168 valence electrons. The van der Waals surface area contributed by atoms with Crippen molar-refractivity contribution in [2.24, 2.45) is 0 Å². The van der Waals surface area contributed by atoms with E-state index in [0.717, 1.165) is 48.5 Å². The SMILES string of the molecule is CCC1CCCCN1c1c(C#N)c(SCc2csc(-c3ccc(Cl)cc3)n2)[nH]c(=O)c1C#N. The van der Waals surface area contributed by atoms with E-state index in [9.17, 15) is 15.3 Å². The number of nitriles is 2. The standard InChI is InChI=1S/C24H22ClN5OS2/c1-2-18-5-3-4-10-30(18)21-19(11-26)22(31)29-24(20(21)12-27)33-14-17-13-32-23(28-17)15-6-8-16(25)9-7-15/h6-9,13,18H,2-5,10,14H2,1H3,(H,29,31). The number of H-pyrrole nitrogens is 1. The van der Waals surface area contributed by atoms with Crippen LogP contribution in [0.15, 0.2) is 39.5 Å². The molecule has 1 aromatic carbocycles. The molecule has 0 spiro atoms. The van der Waals surface area contributed by atoms with Crippen LogP contribution < -0.4 is 10.5 Å². The Balaban J connectivity index is 1.64. The lowest BCUT2D eigenvalue weighted by molar-refractivity contribution is 0.449. The van der Waals surface area contributed by atoms with Crippen LogP contribution in [0.3, 0.4) is 0 Å². The number of halogens is 1. The van der Waals surface area contributed by atoms with Crippen molar-refractivity contribution in [1.29, 1.82) is 10.5 Å². The summed E-state index contributed by atoms with van der Waals surface area (Å²) >= 11 is 8.87. The predicted molar refractivity (Wildman–Crippen MR) is 134 cm³/mol. The molecule has 9 heteroatoms. The molecule has 6 nitrogen and oxygen atoms in total. The Morgan fingerprint density at radius 3 is 2.70 bits per heavy atom. The molecule has 2 aromatic heterocycles. The number of hydrogen-bond donors (Lipinski definition) is 1. The summed E-state index contributed by atoms with van der Waals surface area (Å²) in [5, 5.41) is 23.8. The molecule has 1 aliphatic heterocycles. The molecule has 0 radical (unpaired) electrons. The predicted octanol–water partition coefficient (Wildman–Crippen LogP) is 5.96. The molecular weight excluding hydrogens is 474 g/mol. The first-order chi connectivity index (χ1) is 16.0. The van der Waals surface area contributed by atoms with Crippen LogP contribution in [0.5, 0.6) is 0 Å². The van der Waals surface area contributed by atoms with E-state index >= 15 is 0 Å². The number of anilines is 1. The van der Waals surface area contributed by atoms with Gasteiger partial charge in [0.25, 0.3) is 5.56 Å². The Morgan fingerprint density at radius 1 is 1.24 bits per heavy atom. The third-order valence-corrected chi connectivity index (χ3v) is 8.00. The minimum atomic E-state index is -0.449. The normalized spacial score (nSPS) is 15.8. The topological polar surface area (TPSA) is 96.6 Å². The van der Waals surface area contributed by atoms with Gasteiger partial charge in [-0.1, -0.05) is 30.7 Å². The first-order valence-corrected chi connectivity index (χ1v) is 13.0. The maximum atomic E-state index is 12.8. The van der Waals surface area contributed by atoms with Gasteiger partial charge in [-0.2, -0.15) is 10.5 Å². The highest BCUT2D eigenvalue weighted by Crippen LogP contribution is 2.36. The number of thioether (sulfide) groups is 1. The highest BCUT2D eigenvalue weighted by atomic mass is 35.5. The molecule has 4 rings (SSSR count). The number of aromatic nitrogens is 2. The van der Waals surface area contributed by atoms with Gasteiger partial charge < -0.3 is 9.88 Å². The van der Waals surface area contributed by atoms with Crippen molar-refractivity contribution in [3.63, 3.8) is 0 Å². The summed E-state index contributed by atoms with van der Waals surface area (Å²) in [6.07, 6.45) is 3.99. The van der Waals surface area contributed by atoms with Gasteiger partial charge >= 0.3 is 0 Å². The maximum absolute atomic E-state index is 12.8. The number of rotatable bonds is 6. The number of pyridine rings is 1. The van der Waals surface area contributed by atoms with Crippen molar-refractivity contribution >= 4 is 40.4 Å². The number of piperidine rings is 1. The minimum absolute atomic E-state index is 0.0231. The van der Waals surface area contributed by atoms with Crippen LogP contribution >= 0.6 is 34.7 Å². The minimum Gasteiger partial charge on any atom is -0.366 e. The fourth-order valence-corrected chi connectivity index (χ4v) is 6.08. The highest BCUT2D eigenvalue weighted by molar-refractivity contribution is 7.98. The van der Waals surface area contributed by atoms with Crippen LogP contribution in [0.25, 0.3) is 10.6 Å². The second-order valence-corrected chi connectivity index (χ2v) is 10.1. The number of hydrogen-bond acceptors (Lipinski definition) is 7. The summed E-state index contributed by atoms with van der Waals surface area (Å²) in [5.41, 5.74) is 2.27. The van der Waals surface area contributed by atoms with Crippen LogP contribution in [0.1, 0.15) is 49.4 Å². The van der Waals surface area contributed by atoms with E-state index in [0.29, 0.717) is 27.1 Å². The van der Waals surface area contributed by atoms with Crippen molar-refractivity contribution in [3.05, 3.63) is 61.8 Å². The molecule has 0 bridgehead atoms. The number of thiazole rings is 1. The first kappa shape index (κ1) is 23.4. The van der Waals surface area contributed by atoms with Crippen molar-refractivity contribution < 1.29 is 0 Å². The lowest BCUT2D eigenvalue weighted by Gasteiger charge is -2.38. The molecule has 0 amide bonds. The number of aromatic amines is 1. The maximum Gasteiger partial charge on any atom is 0.268 e. The zero-order chi connectivity index (χ0) is 23.4. The molecule has 0 aliphatic carbocycles. The van der Waals surface area contributed by atoms with Crippen LogP contribution in [-0.4, -0.2) is 22.6 Å². The van der Waals surface area contributed by atoms with Gasteiger partial charge in [0.2, 0.25) is 0 Å². The fraction of sp³-hybridized carbons (Fsp3) is 0.333. The van der Waals surface area contributed by atoms with E-state index in [1.54, 1.807) is 0 Å². The van der Waals surface area contributed by atoms with Gasteiger partial charge in [-0.05, 0) is 37.8 Å². The Kier molecular flexibility index (Phi) is 7.39. The zero-order valence-electron chi connectivity index (χ0n) is 18.1. The monoisotopic (exact) mass is 495 g/mol. The summed E-state index contributed by atoms with van der Waals surface area (Å²) in [5.74, 6) is 0.497. The first-order valence-electron chi connectivity index (χ1n) is 10.8. The zero-order valence-corrected chi connectivity index (χ0v) is 20.5. The average Bonchev–Trinajstić information content (AvgIpc) is 3.31. The summed E-state index contributed by atoms with van der Waals surface area (Å²) in [7, 11) is 0. The van der Waals surface area contributed by atoms with Gasteiger partial charge in [0, 0.05) is 34.3 Å². The fourth-order valence-electron chi connectivity index (χ4n) is 4.13. The van der Waals surface area contributed by atoms with E-state index in [1.807, 2.05) is 35.7 Å².